The molecule has 4 amide bonds. The van der Waals surface area contributed by atoms with E-state index in [-0.39, 0.29) is 47.9 Å². The van der Waals surface area contributed by atoms with Gasteiger partial charge < -0.3 is 14.7 Å². The first-order chi connectivity index (χ1) is 28.2. The number of phenols is 1. The summed E-state index contributed by atoms with van der Waals surface area (Å²) in [6.07, 6.45) is 1.74. The molecule has 1 saturated carbocycles. The molecule has 0 radical (unpaired) electrons. The number of phenolic OH excluding ortho intramolecular Hbond substituents is 1. The van der Waals surface area contributed by atoms with Gasteiger partial charge in [-0.15, -0.1) is 0 Å². The van der Waals surface area contributed by atoms with E-state index in [1.54, 1.807) is 73.7 Å². The van der Waals surface area contributed by atoms with Crippen molar-refractivity contribution in [2.45, 2.75) is 38.0 Å². The summed E-state index contributed by atoms with van der Waals surface area (Å²) < 4.78 is 5.80. The Morgan fingerprint density at radius 1 is 0.881 bits per heavy atom. The maximum atomic E-state index is 15.4. The Bertz CT molecular complexity index is 2450. The summed E-state index contributed by atoms with van der Waals surface area (Å²) >= 11 is 0. The molecule has 4 aromatic rings. The predicted octanol–water partition coefficient (Wildman–Crippen LogP) is 6.17. The first kappa shape index (κ1) is 38.8. The van der Waals surface area contributed by atoms with Gasteiger partial charge in [-0.3, -0.25) is 44.8 Å². The molecule has 3 fully saturated rings. The maximum absolute atomic E-state index is 15.4. The summed E-state index contributed by atoms with van der Waals surface area (Å²) in [5.41, 5.74) is 2.17. The average molecular weight is 801 g/mol. The average Bonchev–Trinajstić information content (AvgIpc) is 3.60. The number of fused-ring (bicyclic) bond motifs is 4. The summed E-state index contributed by atoms with van der Waals surface area (Å²) in [4.78, 5) is 84.5. The summed E-state index contributed by atoms with van der Waals surface area (Å²) in [6, 6.07) is 22.9. The van der Waals surface area contributed by atoms with Crippen molar-refractivity contribution in [3.05, 3.63) is 133 Å². The number of hydrogen-bond donors (Lipinski definition) is 2. The van der Waals surface area contributed by atoms with Gasteiger partial charge in [-0.05, 0) is 56.4 Å². The first-order valence-corrected chi connectivity index (χ1v) is 19.2. The molecular formula is C43H40N6O10. The number of carbonyl (C=O) groups excluding carboxylic acids is 4. The van der Waals surface area contributed by atoms with Gasteiger partial charge in [0.15, 0.2) is 17.2 Å². The van der Waals surface area contributed by atoms with Gasteiger partial charge in [0.2, 0.25) is 11.8 Å². The van der Waals surface area contributed by atoms with Crippen molar-refractivity contribution in [1.29, 1.82) is 0 Å². The Hall–Kier alpha value is -7.10. The SMILES string of the molecule is CCOc1cccc(C2C3=CCC4C(=O)N(c5cc([N+](=O)[O-])c(N(C)C)c([N+](=O)[O-])c5)C(=O)C4C3CC3C(=O)N(Nc4ccc(C)cc4)C(=O)C32c2ccccc2)c1O. The molecule has 0 spiro atoms. The number of para-hydroxylation sites is 1. The van der Waals surface area contributed by atoms with Crippen molar-refractivity contribution in [3.8, 4) is 11.5 Å². The molecule has 59 heavy (non-hydrogen) atoms. The molecule has 6 unspecified atom stereocenters. The molecule has 302 valence electrons. The number of allylic oxidation sites excluding steroid dienone is 2. The lowest BCUT2D eigenvalue weighted by atomic mass is 9.49. The molecule has 4 aliphatic rings. The van der Waals surface area contributed by atoms with Gasteiger partial charge in [-0.25, -0.2) is 4.90 Å². The second-order valence-corrected chi connectivity index (χ2v) is 15.5. The number of anilines is 3. The number of imide groups is 2. The van der Waals surface area contributed by atoms with Gasteiger partial charge in [-0.1, -0.05) is 71.8 Å². The monoisotopic (exact) mass is 800 g/mol. The van der Waals surface area contributed by atoms with Gasteiger partial charge in [0.1, 0.15) is 0 Å². The zero-order valence-electron chi connectivity index (χ0n) is 32.5. The number of nitro benzene ring substituents is 2. The summed E-state index contributed by atoms with van der Waals surface area (Å²) in [7, 11) is 2.82. The lowest BCUT2D eigenvalue weighted by Gasteiger charge is -2.50. The van der Waals surface area contributed by atoms with Crippen LogP contribution in [0.1, 0.15) is 42.4 Å². The van der Waals surface area contributed by atoms with E-state index < -0.39 is 79.9 Å². The molecule has 2 heterocycles. The van der Waals surface area contributed by atoms with Crippen molar-refractivity contribution >= 4 is 52.1 Å². The molecule has 2 aliphatic heterocycles. The number of nitrogens with zero attached hydrogens (tertiary/aromatic N) is 5. The fraction of sp³-hybridized carbons (Fsp3) is 0.302. The Labute approximate surface area is 337 Å². The normalized spacial score (nSPS) is 24.6. The lowest BCUT2D eigenvalue weighted by molar-refractivity contribution is -0.392. The van der Waals surface area contributed by atoms with Crippen LogP contribution in [0.3, 0.4) is 0 Å². The van der Waals surface area contributed by atoms with Crippen molar-refractivity contribution in [1.82, 2.24) is 5.01 Å². The highest BCUT2D eigenvalue weighted by Gasteiger charge is 2.70. The summed E-state index contributed by atoms with van der Waals surface area (Å²) in [5, 5.41) is 37.5. The van der Waals surface area contributed by atoms with Crippen LogP contribution in [0.2, 0.25) is 0 Å². The van der Waals surface area contributed by atoms with E-state index in [1.165, 1.54) is 19.0 Å². The van der Waals surface area contributed by atoms with Crippen molar-refractivity contribution < 1.29 is 38.9 Å². The standard InChI is InChI=1S/C43H40N6O10/c1-5-59-34-13-9-12-29(38(34)50)36-27-18-19-28-35(41(53)46(39(28)51)26-20-32(48(55)56)37(45(3)4)33(21-26)49(57)58)30(27)22-31-40(52)47(44-25-16-14-23(2)15-17-25)42(54)43(31,36)24-10-7-6-8-11-24/h6-18,20-21,28,30-31,35-36,44,50H,5,19,22H2,1-4H3. The Morgan fingerprint density at radius 3 is 2.15 bits per heavy atom. The van der Waals surface area contributed by atoms with Crippen LogP contribution in [0.25, 0.3) is 0 Å². The van der Waals surface area contributed by atoms with Crippen molar-refractivity contribution in [2.24, 2.45) is 23.7 Å². The first-order valence-electron chi connectivity index (χ1n) is 19.2. The summed E-state index contributed by atoms with van der Waals surface area (Å²) in [5.74, 6) is -7.87. The topological polar surface area (TPSA) is 206 Å². The third kappa shape index (κ3) is 5.80. The van der Waals surface area contributed by atoms with Crippen LogP contribution in [0, 0.1) is 50.8 Å². The quantitative estimate of drug-likeness (QED) is 0.0800. The second-order valence-electron chi connectivity index (χ2n) is 15.5. The maximum Gasteiger partial charge on any atom is 0.301 e. The minimum absolute atomic E-state index is 0.00293. The molecule has 16 nitrogen and oxygen atoms in total. The number of nitrogens with one attached hydrogen (secondary N) is 1. The number of hydrazine groups is 1. The molecule has 16 heteroatoms. The zero-order valence-corrected chi connectivity index (χ0v) is 32.5. The minimum Gasteiger partial charge on any atom is -0.504 e. The van der Waals surface area contributed by atoms with Crippen molar-refractivity contribution in [3.63, 3.8) is 0 Å². The van der Waals surface area contributed by atoms with Gasteiger partial charge >= 0.3 is 11.4 Å². The highest BCUT2D eigenvalue weighted by Crippen LogP contribution is 2.65. The molecule has 4 aromatic carbocycles. The molecule has 8 rings (SSSR count). The van der Waals surface area contributed by atoms with E-state index in [0.717, 1.165) is 27.6 Å². The van der Waals surface area contributed by atoms with Gasteiger partial charge in [-0.2, -0.15) is 5.01 Å². The third-order valence-electron chi connectivity index (χ3n) is 12.2. The van der Waals surface area contributed by atoms with Crippen LogP contribution in [0.15, 0.2) is 96.6 Å². The number of aromatic hydroxyl groups is 1. The number of aryl methyl sites for hydroxylation is 1. The van der Waals surface area contributed by atoms with Crippen LogP contribution >= 0.6 is 0 Å². The summed E-state index contributed by atoms with van der Waals surface area (Å²) in [6.45, 7) is 3.88. The van der Waals surface area contributed by atoms with Gasteiger partial charge in [0, 0.05) is 37.7 Å². The molecular weight excluding hydrogens is 761 g/mol. The van der Waals surface area contributed by atoms with E-state index in [0.29, 0.717) is 16.8 Å². The number of benzene rings is 4. The lowest BCUT2D eigenvalue weighted by Crippen LogP contribution is -2.53. The number of rotatable bonds is 10. The van der Waals surface area contributed by atoms with Crippen LogP contribution in [-0.2, 0) is 24.6 Å². The van der Waals surface area contributed by atoms with Crippen LogP contribution in [0.4, 0.5) is 28.4 Å². The molecule has 6 atom stereocenters. The molecule has 2 aliphatic carbocycles. The van der Waals surface area contributed by atoms with Crippen molar-refractivity contribution in [2.75, 3.05) is 35.9 Å². The Morgan fingerprint density at radius 2 is 1.54 bits per heavy atom. The van der Waals surface area contributed by atoms with Gasteiger partial charge in [0.05, 0.1) is 51.0 Å². The highest BCUT2D eigenvalue weighted by molar-refractivity contribution is 6.23. The van der Waals surface area contributed by atoms with E-state index in [1.807, 2.05) is 19.1 Å². The van der Waals surface area contributed by atoms with E-state index >= 15 is 4.79 Å². The number of hydrogen-bond acceptors (Lipinski definition) is 12. The third-order valence-corrected chi connectivity index (χ3v) is 12.2. The number of amides is 4. The molecule has 2 saturated heterocycles. The number of nitro groups is 2. The van der Waals surface area contributed by atoms with Crippen LogP contribution < -0.4 is 20.0 Å². The number of carbonyl (C=O) groups is 4. The zero-order chi connectivity index (χ0) is 42.1. The smallest absolute Gasteiger partial charge is 0.301 e. The minimum atomic E-state index is -1.66. The van der Waals surface area contributed by atoms with E-state index in [4.69, 9.17) is 4.74 Å². The highest BCUT2D eigenvalue weighted by atomic mass is 16.6. The van der Waals surface area contributed by atoms with Crippen LogP contribution in [0.5, 0.6) is 11.5 Å². The Kier molecular flexibility index (Phi) is 9.44. The second kappa shape index (κ2) is 14.4. The molecule has 0 aromatic heterocycles. The van der Waals surface area contributed by atoms with E-state index in [2.05, 4.69) is 5.43 Å². The van der Waals surface area contributed by atoms with Gasteiger partial charge in [0.25, 0.3) is 11.8 Å². The fourth-order valence-corrected chi connectivity index (χ4v) is 9.85. The molecule has 0 bridgehead atoms. The van der Waals surface area contributed by atoms with E-state index in [9.17, 15) is 39.7 Å². The fourth-order valence-electron chi connectivity index (χ4n) is 9.85. The largest absolute Gasteiger partial charge is 0.504 e. The molecule has 2 N–H and O–H groups in total. The predicted molar refractivity (Wildman–Crippen MR) is 215 cm³/mol. The Balaban J connectivity index is 1.32. The number of ether oxygens (including phenoxy) is 1. The van der Waals surface area contributed by atoms with Crippen LogP contribution in [-0.4, -0.2) is 64.3 Å².